The van der Waals surface area contributed by atoms with Crippen molar-refractivity contribution >= 4 is 5.91 Å². The van der Waals surface area contributed by atoms with Gasteiger partial charge in [0.05, 0.1) is 0 Å². The second-order valence-electron chi connectivity index (χ2n) is 6.25. The van der Waals surface area contributed by atoms with E-state index < -0.39 is 5.41 Å². The topological polar surface area (TPSA) is 51.1 Å². The smallest absolute Gasteiger partial charge is 0.225 e. The van der Waals surface area contributed by atoms with Crippen LogP contribution >= 0.6 is 0 Å². The van der Waals surface area contributed by atoms with Crippen LogP contribution in [0.1, 0.15) is 44.1 Å². The van der Waals surface area contributed by atoms with Gasteiger partial charge < -0.3 is 9.88 Å². The van der Waals surface area contributed by atoms with Gasteiger partial charge in [-0.1, -0.05) is 20.8 Å². The lowest BCUT2D eigenvalue weighted by Gasteiger charge is -2.19. The maximum atomic E-state index is 12.1. The number of hydrogen-bond acceptors (Lipinski definition) is 2. The Morgan fingerprint density at radius 2 is 2.11 bits per heavy atom. The van der Waals surface area contributed by atoms with Crippen LogP contribution in [0.25, 0.3) is 0 Å². The van der Waals surface area contributed by atoms with Crippen molar-refractivity contribution in [3.05, 3.63) is 33.2 Å². The highest BCUT2D eigenvalue weighted by atomic mass is 16.2. The fourth-order valence-electron chi connectivity index (χ4n) is 2.46. The quantitative estimate of drug-likeness (QED) is 0.883. The van der Waals surface area contributed by atoms with Gasteiger partial charge in [0, 0.05) is 41.5 Å². The fraction of sp³-hybridized carbons (Fsp3) is 0.600. The number of pyridine rings is 1. The molecule has 1 aliphatic heterocycles. The average Bonchev–Trinajstić information content (AvgIpc) is 2.75. The van der Waals surface area contributed by atoms with E-state index in [0.29, 0.717) is 12.1 Å². The monoisotopic (exact) mass is 262 g/mol. The van der Waals surface area contributed by atoms with E-state index in [4.69, 9.17) is 0 Å². The lowest BCUT2D eigenvalue weighted by Crippen LogP contribution is -2.36. The first-order valence-corrected chi connectivity index (χ1v) is 6.81. The summed E-state index contributed by atoms with van der Waals surface area (Å²) in [5.74, 6) is -0.0307. The molecule has 1 aromatic heterocycles. The Balaban J connectivity index is 2.23. The van der Waals surface area contributed by atoms with E-state index in [2.05, 4.69) is 9.88 Å². The van der Waals surface area contributed by atoms with Gasteiger partial charge in [-0.2, -0.15) is 0 Å². The first-order chi connectivity index (χ1) is 8.80. The minimum Gasteiger partial charge on any atom is -0.351 e. The minimum atomic E-state index is -0.430. The second-order valence-corrected chi connectivity index (χ2v) is 6.25. The summed E-state index contributed by atoms with van der Waals surface area (Å²) in [5.41, 5.74) is 2.44. The maximum Gasteiger partial charge on any atom is 0.225 e. The summed E-state index contributed by atoms with van der Waals surface area (Å²) < 4.78 is 2.19. The van der Waals surface area contributed by atoms with Gasteiger partial charge in [-0.15, -0.1) is 0 Å². The number of fused-ring (bicyclic) bond motifs is 1. The van der Waals surface area contributed by atoms with Crippen molar-refractivity contribution in [3.63, 3.8) is 0 Å². The Bertz CT molecular complexity index is 565. The average molecular weight is 262 g/mol. The summed E-state index contributed by atoms with van der Waals surface area (Å²) in [7, 11) is 0. The van der Waals surface area contributed by atoms with Crippen LogP contribution in [0, 0.1) is 12.3 Å². The molecule has 104 valence electrons. The van der Waals surface area contributed by atoms with Crippen LogP contribution in [0.15, 0.2) is 10.9 Å². The van der Waals surface area contributed by atoms with E-state index in [9.17, 15) is 9.59 Å². The molecule has 0 spiro atoms. The van der Waals surface area contributed by atoms with E-state index >= 15 is 0 Å². The molecule has 0 atom stereocenters. The predicted octanol–water partition coefficient (Wildman–Crippen LogP) is 1.77. The van der Waals surface area contributed by atoms with Gasteiger partial charge in [0.25, 0.3) is 0 Å². The van der Waals surface area contributed by atoms with E-state index in [1.54, 1.807) is 6.07 Å². The number of nitrogens with zero attached hydrogens (tertiary/aromatic N) is 1. The summed E-state index contributed by atoms with van der Waals surface area (Å²) in [6, 6.07) is 1.72. The van der Waals surface area contributed by atoms with Crippen LogP contribution in [0.2, 0.25) is 0 Å². The lowest BCUT2D eigenvalue weighted by atomic mass is 9.95. The molecule has 1 aromatic rings. The van der Waals surface area contributed by atoms with E-state index in [1.807, 2.05) is 27.7 Å². The Morgan fingerprint density at radius 3 is 2.74 bits per heavy atom. The molecule has 0 saturated carbocycles. The molecule has 4 nitrogen and oxygen atoms in total. The third-order valence-corrected chi connectivity index (χ3v) is 3.70. The van der Waals surface area contributed by atoms with Crippen molar-refractivity contribution < 1.29 is 4.79 Å². The van der Waals surface area contributed by atoms with Gasteiger partial charge in [-0.25, -0.2) is 0 Å². The van der Waals surface area contributed by atoms with E-state index in [1.165, 1.54) is 0 Å². The highest BCUT2D eigenvalue weighted by molar-refractivity contribution is 5.81. The zero-order valence-electron chi connectivity index (χ0n) is 12.2. The van der Waals surface area contributed by atoms with Crippen molar-refractivity contribution in [2.75, 3.05) is 0 Å². The number of carbonyl (C=O) groups is 1. The van der Waals surface area contributed by atoms with E-state index in [0.717, 1.165) is 30.8 Å². The Labute approximate surface area is 113 Å². The van der Waals surface area contributed by atoms with Crippen LogP contribution in [0.3, 0.4) is 0 Å². The zero-order valence-corrected chi connectivity index (χ0v) is 12.2. The van der Waals surface area contributed by atoms with Gasteiger partial charge >= 0.3 is 0 Å². The molecule has 1 N–H and O–H groups in total. The molecule has 0 aromatic carbocycles. The van der Waals surface area contributed by atoms with Crippen molar-refractivity contribution in [1.29, 1.82) is 0 Å². The highest BCUT2D eigenvalue weighted by Gasteiger charge is 2.22. The molecule has 0 aliphatic carbocycles. The minimum absolute atomic E-state index is 0.0307. The number of amides is 1. The van der Waals surface area contributed by atoms with Crippen LogP contribution < -0.4 is 10.7 Å². The molecular weight excluding hydrogens is 240 g/mol. The van der Waals surface area contributed by atoms with Gasteiger partial charge in [-0.05, 0) is 19.8 Å². The molecule has 19 heavy (non-hydrogen) atoms. The molecule has 1 aliphatic rings. The summed E-state index contributed by atoms with van der Waals surface area (Å²) in [6.07, 6.45) is 2.07. The number of aryl methyl sites for hydroxylation is 1. The Hall–Kier alpha value is -1.58. The van der Waals surface area contributed by atoms with Crippen LogP contribution in [-0.2, 0) is 24.3 Å². The summed E-state index contributed by atoms with van der Waals surface area (Å²) in [4.78, 5) is 24.0. The normalized spacial score (nSPS) is 14.3. The number of nitrogens with one attached hydrogen (secondary N) is 1. The lowest BCUT2D eigenvalue weighted by molar-refractivity contribution is -0.128. The van der Waals surface area contributed by atoms with Gasteiger partial charge in [0.1, 0.15) is 0 Å². The number of aromatic nitrogens is 1. The SMILES string of the molecule is Cc1c(CNC(=O)C(C)(C)C)c(=O)cc2n1CCC2. The van der Waals surface area contributed by atoms with E-state index in [-0.39, 0.29) is 11.3 Å². The summed E-state index contributed by atoms with van der Waals surface area (Å²) in [5, 5.41) is 2.86. The molecule has 0 bridgehead atoms. The largest absolute Gasteiger partial charge is 0.351 e. The molecule has 2 rings (SSSR count). The third-order valence-electron chi connectivity index (χ3n) is 3.70. The summed E-state index contributed by atoms with van der Waals surface area (Å²) in [6.45, 7) is 8.86. The first kappa shape index (κ1) is 13.8. The molecule has 2 heterocycles. The third kappa shape index (κ3) is 2.72. The molecule has 0 saturated heterocycles. The molecule has 0 unspecified atom stereocenters. The molecule has 0 fully saturated rings. The molecule has 1 amide bonds. The highest BCUT2D eigenvalue weighted by Crippen LogP contribution is 2.18. The fourth-order valence-corrected chi connectivity index (χ4v) is 2.46. The summed E-state index contributed by atoms with van der Waals surface area (Å²) >= 11 is 0. The van der Waals surface area contributed by atoms with Crippen molar-refractivity contribution in [1.82, 2.24) is 9.88 Å². The van der Waals surface area contributed by atoms with Crippen molar-refractivity contribution in [3.8, 4) is 0 Å². The standard InChI is InChI=1S/C15H22N2O2/c1-10-12(9-16-14(19)15(2,3)4)13(18)8-11-6-5-7-17(10)11/h8H,5-7,9H2,1-4H3,(H,16,19). The zero-order chi connectivity index (χ0) is 14.2. The van der Waals surface area contributed by atoms with Crippen molar-refractivity contribution in [2.45, 2.75) is 53.6 Å². The van der Waals surface area contributed by atoms with Crippen LogP contribution in [0.5, 0.6) is 0 Å². The van der Waals surface area contributed by atoms with Crippen molar-refractivity contribution in [2.24, 2.45) is 5.41 Å². The molecule has 0 radical (unpaired) electrons. The first-order valence-electron chi connectivity index (χ1n) is 6.81. The van der Waals surface area contributed by atoms with Gasteiger partial charge in [-0.3, -0.25) is 9.59 Å². The number of carbonyl (C=O) groups excluding carboxylic acids is 1. The van der Waals surface area contributed by atoms with Gasteiger partial charge in [0.2, 0.25) is 5.91 Å². The maximum absolute atomic E-state index is 12.1. The molecule has 4 heteroatoms. The Kier molecular flexibility index (Phi) is 3.52. The Morgan fingerprint density at radius 1 is 1.42 bits per heavy atom. The molecular formula is C15H22N2O2. The van der Waals surface area contributed by atoms with Gasteiger partial charge in [0.15, 0.2) is 5.43 Å². The predicted molar refractivity (Wildman–Crippen MR) is 75.1 cm³/mol. The number of rotatable bonds is 2. The second kappa shape index (κ2) is 4.83. The number of hydrogen-bond donors (Lipinski definition) is 1. The van der Waals surface area contributed by atoms with Crippen LogP contribution in [-0.4, -0.2) is 10.5 Å². The van der Waals surface area contributed by atoms with Crippen LogP contribution in [0.4, 0.5) is 0 Å².